The van der Waals surface area contributed by atoms with Gasteiger partial charge in [-0.25, -0.2) is 14.6 Å². The highest BCUT2D eigenvalue weighted by Crippen LogP contribution is 2.55. The van der Waals surface area contributed by atoms with Gasteiger partial charge in [-0.05, 0) is 68.6 Å². The number of amides is 2. The summed E-state index contributed by atoms with van der Waals surface area (Å²) >= 11 is 6.64. The first-order valence-corrected chi connectivity index (χ1v) is 14.8. The fourth-order valence-corrected chi connectivity index (χ4v) is 7.71. The number of fused-ring (bicyclic) bond motifs is 4. The summed E-state index contributed by atoms with van der Waals surface area (Å²) in [6.45, 7) is 0.618. The number of carboxylic acid groups (broad SMARTS) is 1. The Balaban J connectivity index is 1.53. The van der Waals surface area contributed by atoms with Crippen LogP contribution in [0.5, 0.6) is 5.75 Å². The molecule has 3 saturated carbocycles. The van der Waals surface area contributed by atoms with E-state index in [1.54, 1.807) is 21.9 Å². The zero-order valence-electron chi connectivity index (χ0n) is 23.7. The highest BCUT2D eigenvalue weighted by atomic mass is 35.5. The monoisotopic (exact) mass is 609 g/mol. The van der Waals surface area contributed by atoms with Crippen molar-refractivity contribution in [2.45, 2.75) is 63.8 Å². The number of hydrogen-bond acceptors (Lipinski definition) is 7. The minimum Gasteiger partial charge on any atom is -0.487 e. The van der Waals surface area contributed by atoms with E-state index in [-0.39, 0.29) is 24.1 Å². The number of halogens is 3. The highest BCUT2D eigenvalue weighted by Gasteiger charge is 2.57. The largest absolute Gasteiger partial charge is 0.487 e. The van der Waals surface area contributed by atoms with Crippen LogP contribution in [0.2, 0.25) is 5.02 Å². The summed E-state index contributed by atoms with van der Waals surface area (Å²) in [7, 11) is 1.26. The number of hydrogen-bond donors (Lipinski definition) is 3. The maximum Gasteiger partial charge on any atom is 0.310 e. The van der Waals surface area contributed by atoms with Gasteiger partial charge < -0.3 is 30.4 Å². The molecular formula is C29H38ClF2N5O5. The van der Waals surface area contributed by atoms with Crippen LogP contribution >= 0.6 is 11.6 Å². The van der Waals surface area contributed by atoms with Crippen LogP contribution in [0.3, 0.4) is 0 Å². The molecule has 1 saturated heterocycles. The molecule has 4 fully saturated rings. The summed E-state index contributed by atoms with van der Waals surface area (Å²) in [6.07, 6.45) is 1.62. The van der Waals surface area contributed by atoms with Crippen molar-refractivity contribution in [1.82, 2.24) is 14.8 Å². The molecule has 2 heterocycles. The number of hydrazine groups is 1. The Kier molecular flexibility index (Phi) is 8.58. The molecule has 13 heteroatoms. The van der Waals surface area contributed by atoms with Crippen molar-refractivity contribution in [1.29, 1.82) is 0 Å². The van der Waals surface area contributed by atoms with E-state index >= 15 is 0 Å². The normalized spacial score (nSPS) is 27.7. The first kappa shape index (κ1) is 30.3. The van der Waals surface area contributed by atoms with Gasteiger partial charge in [0.1, 0.15) is 18.1 Å². The predicted octanol–water partition coefficient (Wildman–Crippen LogP) is 3.29. The van der Waals surface area contributed by atoms with Crippen LogP contribution in [0.25, 0.3) is 0 Å². The average Bonchev–Trinajstić information content (AvgIpc) is 3.36. The number of alkyl halides is 2. The van der Waals surface area contributed by atoms with E-state index in [9.17, 15) is 28.3 Å². The molecule has 2 aliphatic heterocycles. The van der Waals surface area contributed by atoms with Gasteiger partial charge >= 0.3 is 5.97 Å². The van der Waals surface area contributed by atoms with Crippen LogP contribution < -0.4 is 16.3 Å². The van der Waals surface area contributed by atoms with Crippen LogP contribution in [0.1, 0.15) is 62.1 Å². The Morgan fingerprint density at radius 3 is 2.55 bits per heavy atom. The van der Waals surface area contributed by atoms with E-state index < -0.39 is 42.1 Å². The molecule has 1 aromatic rings. The molecule has 0 spiro atoms. The molecule has 3 aliphatic carbocycles. The van der Waals surface area contributed by atoms with Gasteiger partial charge in [-0.3, -0.25) is 14.4 Å². The summed E-state index contributed by atoms with van der Waals surface area (Å²) in [5.74, 6) is 4.31. The van der Waals surface area contributed by atoms with Gasteiger partial charge in [-0.2, -0.15) is 0 Å². The first-order chi connectivity index (χ1) is 19.9. The number of rotatable bonds is 9. The van der Waals surface area contributed by atoms with Crippen molar-refractivity contribution in [2.75, 3.05) is 33.3 Å². The predicted molar refractivity (Wildman–Crippen MR) is 150 cm³/mol. The molecule has 230 valence electrons. The lowest BCUT2D eigenvalue weighted by atomic mass is 9.54. The number of carbonyl (C=O) groups is 3. The second-order valence-corrected chi connectivity index (χ2v) is 12.4. The zero-order valence-corrected chi connectivity index (χ0v) is 24.4. The molecule has 0 radical (unpaired) electrons. The van der Waals surface area contributed by atoms with Crippen LogP contribution in [0.4, 0.5) is 8.78 Å². The number of benzene rings is 1. The number of allylic oxidation sites excluding steroid dienone is 1. The van der Waals surface area contributed by atoms with E-state index in [0.717, 1.165) is 23.4 Å². The minimum absolute atomic E-state index is 0.0301. The second-order valence-electron chi connectivity index (χ2n) is 12.0. The van der Waals surface area contributed by atoms with E-state index in [1.165, 1.54) is 7.05 Å². The van der Waals surface area contributed by atoms with Crippen molar-refractivity contribution in [2.24, 2.45) is 28.8 Å². The third-order valence-electron chi connectivity index (χ3n) is 9.68. The van der Waals surface area contributed by atoms with E-state index in [0.29, 0.717) is 73.9 Å². The molecule has 1 aromatic carbocycles. The topological polar surface area (TPSA) is 142 Å². The summed E-state index contributed by atoms with van der Waals surface area (Å²) < 4.78 is 33.2. The number of nitrogens with two attached hydrogens (primary N) is 2. The maximum atomic E-state index is 14.4. The molecule has 2 bridgehead atoms. The van der Waals surface area contributed by atoms with Gasteiger partial charge in [0, 0.05) is 43.7 Å². The molecule has 5 N–H and O–H groups in total. The fourth-order valence-electron chi connectivity index (χ4n) is 7.45. The number of likely N-dealkylation sites (tertiary alicyclic amines) is 1. The van der Waals surface area contributed by atoms with Crippen molar-refractivity contribution >= 4 is 29.4 Å². The van der Waals surface area contributed by atoms with Crippen molar-refractivity contribution < 1.29 is 33.0 Å². The summed E-state index contributed by atoms with van der Waals surface area (Å²) in [4.78, 5) is 43.1. The van der Waals surface area contributed by atoms with Gasteiger partial charge in [-0.1, -0.05) is 11.6 Å². The van der Waals surface area contributed by atoms with E-state index in [2.05, 4.69) is 0 Å². The number of carbonyl (C=O) groups excluding carboxylic acids is 2. The van der Waals surface area contributed by atoms with Gasteiger partial charge in [-0.15, -0.1) is 0 Å². The number of nitrogens with zero attached hydrogens (tertiary/aromatic N) is 3. The maximum absolute atomic E-state index is 14.4. The molecule has 42 heavy (non-hydrogen) atoms. The smallest absolute Gasteiger partial charge is 0.310 e. The van der Waals surface area contributed by atoms with Crippen LogP contribution in [-0.2, 0) is 20.8 Å². The Morgan fingerprint density at radius 1 is 1.24 bits per heavy atom. The summed E-state index contributed by atoms with van der Waals surface area (Å²) in [5.41, 5.74) is 5.35. The number of carboxylic acids is 1. The first-order valence-electron chi connectivity index (χ1n) is 14.5. The van der Waals surface area contributed by atoms with Crippen molar-refractivity contribution in [3.63, 3.8) is 0 Å². The summed E-state index contributed by atoms with van der Waals surface area (Å²) in [6, 6.07) is 2.59. The van der Waals surface area contributed by atoms with E-state index in [4.69, 9.17) is 27.9 Å². The van der Waals surface area contributed by atoms with Crippen molar-refractivity contribution in [3.05, 3.63) is 39.7 Å². The molecule has 6 rings (SSSR count). The van der Waals surface area contributed by atoms with Gasteiger partial charge in [0.15, 0.2) is 0 Å². The Bertz CT molecular complexity index is 1270. The highest BCUT2D eigenvalue weighted by molar-refractivity contribution is 6.31. The van der Waals surface area contributed by atoms with Gasteiger partial charge in [0.2, 0.25) is 11.8 Å². The molecule has 5 aliphatic rings. The quantitative estimate of drug-likeness (QED) is 0.286. The van der Waals surface area contributed by atoms with Crippen molar-refractivity contribution in [3.8, 4) is 5.75 Å². The van der Waals surface area contributed by atoms with Gasteiger partial charge in [0.05, 0.1) is 23.1 Å². The van der Waals surface area contributed by atoms with Crippen LogP contribution in [-0.4, -0.2) is 77.4 Å². The van der Waals surface area contributed by atoms with Crippen LogP contribution in [0.15, 0.2) is 23.5 Å². The lowest BCUT2D eigenvalue weighted by molar-refractivity contribution is -0.171. The lowest BCUT2D eigenvalue weighted by Crippen LogP contribution is -2.56. The molecular weight excluding hydrogens is 572 g/mol. The standard InChI is InChI=1S/C29H38ClF2N5O5/c1-35(34)25(26(31)32)20(33)15-42-22-5-4-19(30)17-8-12-37(21(24(17)22)14-36-11-2-3-23(36)38)27(39)18-13-16-6-9-29(18,10-7-16)28(40)41/h4-5,16,18,21,26H,2-3,6-15,33-34H2,1H3,(H,40,41)/b25-20-/t16?,18-,21?,29?/m0/s1. The molecule has 10 nitrogen and oxygen atoms in total. The Morgan fingerprint density at radius 2 is 1.95 bits per heavy atom. The molecule has 1 unspecified atom stereocenters. The summed E-state index contributed by atoms with van der Waals surface area (Å²) in [5, 5.41) is 11.5. The molecule has 2 amide bonds. The Hall–Kier alpha value is -3.12. The minimum atomic E-state index is -2.92. The zero-order chi connectivity index (χ0) is 30.3. The second kappa shape index (κ2) is 11.9. The van der Waals surface area contributed by atoms with Crippen LogP contribution in [0, 0.1) is 17.3 Å². The molecule has 0 aromatic heterocycles. The molecule has 2 atom stereocenters. The SMILES string of the molecule is CN(N)/C(=C(\N)COc1ccc(Cl)c2c1C(CN1CCCC1=O)N(C(=O)[C@@H]1CC3CCC1(C(=O)O)CC3)CC2)C(F)F. The lowest BCUT2D eigenvalue weighted by Gasteiger charge is -2.51. The third-order valence-corrected chi connectivity index (χ3v) is 10.0. The van der Waals surface area contributed by atoms with Gasteiger partial charge in [0.25, 0.3) is 6.43 Å². The average molecular weight is 610 g/mol. The number of ether oxygens (including phenoxy) is 1. The number of aliphatic carboxylic acids is 1. The fraction of sp³-hybridized carbons (Fsp3) is 0.621. The van der Waals surface area contributed by atoms with E-state index in [1.807, 2.05) is 0 Å². The Labute approximate surface area is 248 Å². The third kappa shape index (κ3) is 5.39.